The van der Waals surface area contributed by atoms with Crippen molar-refractivity contribution >= 4 is 0 Å². The maximum Gasteiger partial charge on any atom is 0.231 e. The Morgan fingerprint density at radius 2 is 1.41 bits per heavy atom. The summed E-state index contributed by atoms with van der Waals surface area (Å²) in [6.45, 7) is 2.53. The fourth-order valence-corrected chi connectivity index (χ4v) is 3.64. The van der Waals surface area contributed by atoms with Gasteiger partial charge in [0.2, 0.25) is 6.79 Å². The van der Waals surface area contributed by atoms with Crippen LogP contribution < -0.4 is 9.47 Å². The molecule has 1 aliphatic heterocycles. The Kier molecular flexibility index (Phi) is 6.40. The van der Waals surface area contributed by atoms with Crippen LogP contribution in [0, 0.1) is 0 Å². The molecule has 0 N–H and O–H groups in total. The summed E-state index contributed by atoms with van der Waals surface area (Å²) in [6.07, 6.45) is 12.9. The number of aromatic nitrogens is 2. The van der Waals surface area contributed by atoms with Crippen molar-refractivity contribution in [3.8, 4) is 34.0 Å². The van der Waals surface area contributed by atoms with E-state index in [1.807, 2.05) is 30.6 Å². The van der Waals surface area contributed by atoms with Gasteiger partial charge in [0.15, 0.2) is 17.3 Å². The van der Waals surface area contributed by atoms with Crippen LogP contribution in [0.4, 0.5) is 0 Å². The molecular formula is C25H28N2O2. The molecule has 0 unspecified atom stereocenters. The van der Waals surface area contributed by atoms with E-state index in [1.54, 1.807) is 0 Å². The summed E-state index contributed by atoms with van der Waals surface area (Å²) >= 11 is 0. The second-order valence-electron chi connectivity index (χ2n) is 7.58. The average Bonchev–Trinajstić information content (AvgIpc) is 3.25. The third kappa shape index (κ3) is 4.94. The van der Waals surface area contributed by atoms with Crippen LogP contribution in [0.5, 0.6) is 11.5 Å². The van der Waals surface area contributed by atoms with Gasteiger partial charge < -0.3 is 9.47 Å². The van der Waals surface area contributed by atoms with Crippen molar-refractivity contribution in [3.05, 3.63) is 60.4 Å². The first-order chi connectivity index (χ1) is 14.3. The Hall–Kier alpha value is -2.88. The molecule has 1 aliphatic rings. The summed E-state index contributed by atoms with van der Waals surface area (Å²) in [7, 11) is 0. The van der Waals surface area contributed by atoms with E-state index in [9.17, 15) is 0 Å². The number of nitrogens with zero attached hydrogens (tertiary/aromatic N) is 2. The van der Waals surface area contributed by atoms with Gasteiger partial charge in [-0.1, -0.05) is 63.3 Å². The fourth-order valence-electron chi connectivity index (χ4n) is 3.64. The zero-order chi connectivity index (χ0) is 19.9. The minimum atomic E-state index is 0.271. The van der Waals surface area contributed by atoms with Gasteiger partial charge in [-0.05, 0) is 42.2 Å². The van der Waals surface area contributed by atoms with E-state index in [0.717, 1.165) is 34.6 Å². The van der Waals surface area contributed by atoms with Crippen LogP contribution in [0.1, 0.15) is 51.0 Å². The molecule has 150 valence electrons. The molecule has 0 saturated heterocycles. The molecule has 0 atom stereocenters. The maximum absolute atomic E-state index is 5.44. The zero-order valence-electron chi connectivity index (χ0n) is 17.1. The first-order valence-corrected chi connectivity index (χ1v) is 10.6. The quantitative estimate of drug-likeness (QED) is 0.396. The molecule has 1 aromatic heterocycles. The smallest absolute Gasteiger partial charge is 0.231 e. The van der Waals surface area contributed by atoms with Crippen LogP contribution in [0.25, 0.3) is 22.5 Å². The Morgan fingerprint density at radius 3 is 2.21 bits per heavy atom. The third-order valence-corrected chi connectivity index (χ3v) is 5.39. The number of fused-ring (bicyclic) bond motifs is 1. The monoisotopic (exact) mass is 388 g/mol. The molecule has 0 fully saturated rings. The van der Waals surface area contributed by atoms with Gasteiger partial charge in [-0.3, -0.25) is 0 Å². The summed E-state index contributed by atoms with van der Waals surface area (Å²) in [6, 6.07) is 14.6. The van der Waals surface area contributed by atoms with Gasteiger partial charge in [-0.15, -0.1) is 0 Å². The Morgan fingerprint density at radius 1 is 0.724 bits per heavy atom. The average molecular weight is 389 g/mol. The minimum absolute atomic E-state index is 0.271. The van der Waals surface area contributed by atoms with Crippen molar-refractivity contribution in [2.24, 2.45) is 0 Å². The fraction of sp³-hybridized carbons (Fsp3) is 0.360. The molecule has 2 aromatic carbocycles. The van der Waals surface area contributed by atoms with Gasteiger partial charge in [-0.2, -0.15) is 0 Å². The van der Waals surface area contributed by atoms with Crippen molar-refractivity contribution < 1.29 is 9.47 Å². The molecule has 29 heavy (non-hydrogen) atoms. The largest absolute Gasteiger partial charge is 0.454 e. The number of unbranched alkanes of at least 4 members (excludes halogenated alkanes) is 5. The van der Waals surface area contributed by atoms with Gasteiger partial charge >= 0.3 is 0 Å². The van der Waals surface area contributed by atoms with Gasteiger partial charge in [0, 0.05) is 23.5 Å². The van der Waals surface area contributed by atoms with Gasteiger partial charge in [0.05, 0.1) is 0 Å². The molecule has 0 spiro atoms. The lowest BCUT2D eigenvalue weighted by Crippen LogP contribution is -1.93. The molecule has 0 radical (unpaired) electrons. The van der Waals surface area contributed by atoms with E-state index in [2.05, 4.69) is 41.2 Å². The van der Waals surface area contributed by atoms with Crippen LogP contribution >= 0.6 is 0 Å². The predicted molar refractivity (Wildman–Crippen MR) is 116 cm³/mol. The molecule has 2 heterocycles. The molecule has 4 rings (SSSR count). The molecule has 0 amide bonds. The van der Waals surface area contributed by atoms with E-state index in [-0.39, 0.29) is 6.79 Å². The summed E-state index contributed by atoms with van der Waals surface area (Å²) < 4.78 is 10.8. The Labute approximate surface area is 172 Å². The summed E-state index contributed by atoms with van der Waals surface area (Å²) in [4.78, 5) is 9.10. The number of hydrogen-bond acceptors (Lipinski definition) is 4. The maximum atomic E-state index is 5.44. The Balaban J connectivity index is 1.35. The number of rotatable bonds is 9. The summed E-state index contributed by atoms with van der Waals surface area (Å²) in [5.41, 5.74) is 4.51. The lowest BCUT2D eigenvalue weighted by molar-refractivity contribution is 0.174. The highest BCUT2D eigenvalue weighted by Crippen LogP contribution is 2.35. The molecule has 4 heteroatoms. The normalized spacial score (nSPS) is 12.3. The van der Waals surface area contributed by atoms with Crippen molar-refractivity contribution in [3.63, 3.8) is 0 Å². The van der Waals surface area contributed by atoms with E-state index < -0.39 is 0 Å². The highest BCUT2D eigenvalue weighted by Gasteiger charge is 2.14. The van der Waals surface area contributed by atoms with Crippen LogP contribution in [0.3, 0.4) is 0 Å². The predicted octanol–water partition coefficient (Wildman–Crippen LogP) is 6.44. The van der Waals surface area contributed by atoms with Crippen molar-refractivity contribution in [1.82, 2.24) is 9.97 Å². The standard InChI is InChI=1S/C25H28N2O2/c1-2-3-4-5-6-7-8-19-9-11-20(12-10-19)22-16-26-25(27-17-22)21-13-14-23-24(15-21)29-18-28-23/h9-17H,2-8,18H2,1H3. The van der Waals surface area contributed by atoms with Crippen LogP contribution in [-0.4, -0.2) is 16.8 Å². The minimum Gasteiger partial charge on any atom is -0.454 e. The topological polar surface area (TPSA) is 44.2 Å². The van der Waals surface area contributed by atoms with Crippen molar-refractivity contribution in [1.29, 1.82) is 0 Å². The second-order valence-corrected chi connectivity index (χ2v) is 7.58. The lowest BCUT2D eigenvalue weighted by Gasteiger charge is -2.06. The van der Waals surface area contributed by atoms with Crippen molar-refractivity contribution in [2.75, 3.05) is 6.79 Å². The van der Waals surface area contributed by atoms with E-state index in [0.29, 0.717) is 5.82 Å². The highest BCUT2D eigenvalue weighted by atomic mass is 16.7. The van der Waals surface area contributed by atoms with Crippen LogP contribution in [0.2, 0.25) is 0 Å². The SMILES string of the molecule is CCCCCCCCc1ccc(-c2cnc(-c3ccc4c(c3)OCO4)nc2)cc1. The number of benzene rings is 2. The number of ether oxygens (including phenoxy) is 2. The molecule has 0 bridgehead atoms. The molecular weight excluding hydrogens is 360 g/mol. The lowest BCUT2D eigenvalue weighted by atomic mass is 10.0. The van der Waals surface area contributed by atoms with Crippen LogP contribution in [0.15, 0.2) is 54.9 Å². The van der Waals surface area contributed by atoms with E-state index >= 15 is 0 Å². The van der Waals surface area contributed by atoms with Crippen LogP contribution in [-0.2, 0) is 6.42 Å². The molecule has 3 aromatic rings. The van der Waals surface area contributed by atoms with Gasteiger partial charge in [-0.25, -0.2) is 9.97 Å². The zero-order valence-corrected chi connectivity index (χ0v) is 17.1. The molecule has 0 saturated carbocycles. The first-order valence-electron chi connectivity index (χ1n) is 10.6. The summed E-state index contributed by atoms with van der Waals surface area (Å²) in [5.74, 6) is 2.20. The van der Waals surface area contributed by atoms with E-state index in [4.69, 9.17) is 9.47 Å². The Bertz CT molecular complexity index is 921. The summed E-state index contributed by atoms with van der Waals surface area (Å²) in [5, 5.41) is 0. The van der Waals surface area contributed by atoms with Gasteiger partial charge in [0.1, 0.15) is 0 Å². The second kappa shape index (κ2) is 9.55. The van der Waals surface area contributed by atoms with Gasteiger partial charge in [0.25, 0.3) is 0 Å². The van der Waals surface area contributed by atoms with E-state index in [1.165, 1.54) is 44.1 Å². The first kappa shape index (κ1) is 19.4. The molecule has 0 aliphatic carbocycles. The highest BCUT2D eigenvalue weighted by molar-refractivity contribution is 5.65. The number of aryl methyl sites for hydroxylation is 1. The van der Waals surface area contributed by atoms with Crippen molar-refractivity contribution in [2.45, 2.75) is 51.9 Å². The number of hydrogen-bond donors (Lipinski definition) is 0. The molecule has 4 nitrogen and oxygen atoms in total. The third-order valence-electron chi connectivity index (χ3n) is 5.39.